The average molecular weight is 118 g/mol. The van der Waals surface area contributed by atoms with E-state index in [0.717, 1.165) is 0 Å². The second kappa shape index (κ2) is 6.25. The fourth-order valence-corrected chi connectivity index (χ4v) is 0. The minimum Gasteiger partial charge on any atom is -1.00 e. The summed E-state index contributed by atoms with van der Waals surface area (Å²) in [5, 5.41) is 0.134. The van der Waals surface area contributed by atoms with Gasteiger partial charge in [0.25, 0.3) is 0 Å². The van der Waals surface area contributed by atoms with E-state index in [2.05, 4.69) is 0 Å². The maximum atomic E-state index is 5.34. The first kappa shape index (κ1) is 10.3. The van der Waals surface area contributed by atoms with Gasteiger partial charge in [0.05, 0.1) is 0 Å². The number of halogens is 1. The van der Waals surface area contributed by atoms with Crippen molar-refractivity contribution in [3.63, 3.8) is 0 Å². The summed E-state index contributed by atoms with van der Waals surface area (Å²) < 4.78 is 0. The second-order valence-electron chi connectivity index (χ2n) is 1.02. The standard InChI is InChI=1S/C3H8ClN.Na.H/c1-3(4)2-5;;/h3H,2,5H2,1H3;;/q;+1;-1. The summed E-state index contributed by atoms with van der Waals surface area (Å²) >= 11 is 5.34. The van der Waals surface area contributed by atoms with Gasteiger partial charge >= 0.3 is 29.6 Å². The average Bonchev–Trinajstić information content (AvgIpc) is 1.38. The molecule has 3 heteroatoms. The molecule has 34 valence electrons. The molecule has 0 heterocycles. The first-order valence-corrected chi connectivity index (χ1v) is 2.05. The SMILES string of the molecule is CC(Cl)CN.[H-].[Na+]. The summed E-state index contributed by atoms with van der Waals surface area (Å²) in [7, 11) is 0. The van der Waals surface area contributed by atoms with Crippen molar-refractivity contribution < 1.29 is 31.0 Å². The monoisotopic (exact) mass is 117 g/mol. The van der Waals surface area contributed by atoms with Crippen LogP contribution >= 0.6 is 11.6 Å². The molecule has 0 spiro atoms. The predicted molar refractivity (Wildman–Crippen MR) is 25.5 cm³/mol. The van der Waals surface area contributed by atoms with Crippen LogP contribution in [0.15, 0.2) is 0 Å². The van der Waals surface area contributed by atoms with Crippen LogP contribution in [0.4, 0.5) is 0 Å². The van der Waals surface area contributed by atoms with Crippen LogP contribution in [0.3, 0.4) is 0 Å². The molecule has 1 atom stereocenters. The van der Waals surface area contributed by atoms with Gasteiger partial charge in [0.2, 0.25) is 0 Å². The third-order valence-electron chi connectivity index (χ3n) is 0.325. The molecule has 2 N–H and O–H groups in total. The molecule has 0 rings (SSSR count). The number of rotatable bonds is 1. The van der Waals surface area contributed by atoms with Gasteiger partial charge in [-0.2, -0.15) is 0 Å². The fourth-order valence-electron chi connectivity index (χ4n) is 0. The van der Waals surface area contributed by atoms with Crippen LogP contribution in [0, 0.1) is 0 Å². The summed E-state index contributed by atoms with van der Waals surface area (Å²) in [6.45, 7) is 2.43. The number of alkyl halides is 1. The third kappa shape index (κ3) is 8.98. The topological polar surface area (TPSA) is 26.0 Å². The summed E-state index contributed by atoms with van der Waals surface area (Å²) in [6, 6.07) is 0. The van der Waals surface area contributed by atoms with E-state index >= 15 is 0 Å². The molecule has 0 bridgehead atoms. The van der Waals surface area contributed by atoms with Crippen LogP contribution in [0.1, 0.15) is 8.35 Å². The Morgan fingerprint density at radius 1 is 2.00 bits per heavy atom. The molecule has 0 aliphatic heterocycles. The van der Waals surface area contributed by atoms with Gasteiger partial charge in [0.15, 0.2) is 0 Å². The fraction of sp³-hybridized carbons (Fsp3) is 1.00. The van der Waals surface area contributed by atoms with E-state index in [1.54, 1.807) is 0 Å². The number of nitrogens with two attached hydrogens (primary N) is 1. The van der Waals surface area contributed by atoms with Gasteiger partial charge in [0, 0.05) is 11.9 Å². The Hall–Kier alpha value is 1.25. The summed E-state index contributed by atoms with van der Waals surface area (Å²) in [6.07, 6.45) is 0. The molecule has 0 aliphatic rings. The normalized spacial score (nSPS) is 12.5. The Bertz CT molecular complexity index is 28.9. The van der Waals surface area contributed by atoms with Gasteiger partial charge in [-0.05, 0) is 6.92 Å². The van der Waals surface area contributed by atoms with E-state index in [9.17, 15) is 0 Å². The Kier molecular flexibility index (Phi) is 10.7. The Morgan fingerprint density at radius 2 is 2.17 bits per heavy atom. The number of hydrogen-bond donors (Lipinski definition) is 1. The molecule has 1 nitrogen and oxygen atoms in total. The van der Waals surface area contributed by atoms with Crippen molar-refractivity contribution in [1.29, 1.82) is 0 Å². The van der Waals surface area contributed by atoms with E-state index in [1.807, 2.05) is 6.92 Å². The van der Waals surface area contributed by atoms with Crippen LogP contribution in [-0.2, 0) is 0 Å². The van der Waals surface area contributed by atoms with Crippen LogP contribution in [-0.4, -0.2) is 11.9 Å². The molecule has 0 aliphatic carbocycles. The molecule has 0 aromatic rings. The minimum absolute atomic E-state index is 0. The van der Waals surface area contributed by atoms with E-state index < -0.39 is 0 Å². The van der Waals surface area contributed by atoms with Crippen molar-refractivity contribution >= 4 is 11.6 Å². The molecule has 1 unspecified atom stereocenters. The van der Waals surface area contributed by atoms with Crippen LogP contribution in [0.2, 0.25) is 0 Å². The summed E-state index contributed by atoms with van der Waals surface area (Å²) in [5.74, 6) is 0. The zero-order valence-electron chi connectivity index (χ0n) is 5.24. The molecular formula is C3H9ClNNa. The quantitative estimate of drug-likeness (QED) is 0.303. The van der Waals surface area contributed by atoms with Gasteiger partial charge in [-0.3, -0.25) is 0 Å². The van der Waals surface area contributed by atoms with E-state index in [0.29, 0.717) is 6.54 Å². The smallest absolute Gasteiger partial charge is 1.00 e. The predicted octanol–water partition coefficient (Wildman–Crippen LogP) is -2.31. The molecule has 0 aromatic carbocycles. The molecule has 0 saturated carbocycles. The molecule has 6 heavy (non-hydrogen) atoms. The van der Waals surface area contributed by atoms with Crippen LogP contribution in [0.5, 0.6) is 0 Å². The molecular weight excluding hydrogens is 108 g/mol. The van der Waals surface area contributed by atoms with E-state index in [1.165, 1.54) is 0 Å². The van der Waals surface area contributed by atoms with E-state index in [-0.39, 0.29) is 36.4 Å². The van der Waals surface area contributed by atoms with Crippen molar-refractivity contribution in [2.75, 3.05) is 6.54 Å². The summed E-state index contributed by atoms with van der Waals surface area (Å²) in [4.78, 5) is 0. The van der Waals surface area contributed by atoms with Crippen LogP contribution in [0.25, 0.3) is 0 Å². The van der Waals surface area contributed by atoms with Crippen molar-refractivity contribution in [2.24, 2.45) is 5.73 Å². The van der Waals surface area contributed by atoms with Gasteiger partial charge in [-0.15, -0.1) is 11.6 Å². The number of hydrogen-bond acceptors (Lipinski definition) is 1. The van der Waals surface area contributed by atoms with Crippen molar-refractivity contribution in [2.45, 2.75) is 12.3 Å². The van der Waals surface area contributed by atoms with Crippen molar-refractivity contribution in [3.8, 4) is 0 Å². The van der Waals surface area contributed by atoms with Gasteiger partial charge in [-0.1, -0.05) is 0 Å². The Morgan fingerprint density at radius 3 is 2.17 bits per heavy atom. The third-order valence-corrected chi connectivity index (χ3v) is 0.503. The zero-order chi connectivity index (χ0) is 4.28. The molecule has 0 saturated heterocycles. The molecule has 0 fully saturated rings. The molecule has 0 aromatic heterocycles. The van der Waals surface area contributed by atoms with E-state index in [4.69, 9.17) is 17.3 Å². The Balaban J connectivity index is -0.0000000800. The maximum absolute atomic E-state index is 5.34. The molecule has 0 radical (unpaired) electrons. The van der Waals surface area contributed by atoms with Crippen molar-refractivity contribution in [3.05, 3.63) is 0 Å². The minimum atomic E-state index is 0. The van der Waals surface area contributed by atoms with Crippen LogP contribution < -0.4 is 35.3 Å². The van der Waals surface area contributed by atoms with Gasteiger partial charge in [0.1, 0.15) is 0 Å². The van der Waals surface area contributed by atoms with Gasteiger partial charge in [-0.25, -0.2) is 0 Å². The first-order valence-electron chi connectivity index (χ1n) is 1.61. The van der Waals surface area contributed by atoms with Crippen molar-refractivity contribution in [1.82, 2.24) is 0 Å². The zero-order valence-corrected chi connectivity index (χ0v) is 7.00. The Labute approximate surface area is 67.0 Å². The van der Waals surface area contributed by atoms with Gasteiger partial charge < -0.3 is 7.16 Å². The maximum Gasteiger partial charge on any atom is 1.00 e. The first-order chi connectivity index (χ1) is 2.27. The summed E-state index contributed by atoms with van der Waals surface area (Å²) in [5.41, 5.74) is 5.04. The largest absolute Gasteiger partial charge is 1.00 e. The second-order valence-corrected chi connectivity index (χ2v) is 1.76. The molecule has 0 amide bonds.